The molecule has 0 amide bonds. The van der Waals surface area contributed by atoms with Gasteiger partial charge in [0.2, 0.25) is 0 Å². The molecule has 6 aromatic rings. The molecule has 6 rings (SSSR count). The van der Waals surface area contributed by atoms with E-state index in [0.29, 0.717) is 18.2 Å². The fourth-order valence-corrected chi connectivity index (χ4v) is 8.02. The molecule has 0 aromatic heterocycles. The maximum atomic E-state index is 13.9. The van der Waals surface area contributed by atoms with E-state index in [1.807, 2.05) is 0 Å². The third-order valence-electron chi connectivity index (χ3n) is 9.46. The van der Waals surface area contributed by atoms with Crippen LogP contribution in [0.2, 0.25) is 0 Å². The molecule has 0 aliphatic heterocycles. The molecule has 22 heteroatoms. The fourth-order valence-electron chi connectivity index (χ4n) is 6.49. The number of hydrogen-bond acceptors (Lipinski definition) is 9. The largest absolute Gasteiger partial charge is 0.580 e. The number of rotatable bonds is 15. The number of nitrogens with zero attached hydrogens (tertiary/aromatic N) is 3. The zero-order valence-electron chi connectivity index (χ0n) is 32.0. The van der Waals surface area contributed by atoms with Crippen molar-refractivity contribution >= 4 is 26.6 Å². The summed E-state index contributed by atoms with van der Waals surface area (Å²) in [4.78, 5) is 34.0. The molecule has 0 bridgehead atoms. The van der Waals surface area contributed by atoms with Crippen LogP contribution in [-0.4, -0.2) is 24.3 Å². The van der Waals surface area contributed by atoms with Crippen molar-refractivity contribution in [2.24, 2.45) is 0 Å². The summed E-state index contributed by atoms with van der Waals surface area (Å²) < 4.78 is 144. The quantitative estimate of drug-likeness (QED) is 0.0423. The van der Waals surface area contributed by atoms with Crippen LogP contribution in [0.1, 0.15) is 68.4 Å². The predicted molar refractivity (Wildman–Crippen MR) is 208 cm³/mol. The lowest BCUT2D eigenvalue weighted by Gasteiger charge is -2.30. The molecule has 0 saturated heterocycles. The molecule has 3 atom stereocenters. The molecule has 12 nitrogen and oxygen atoms in total. The molecule has 0 spiro atoms. The van der Waals surface area contributed by atoms with E-state index < -0.39 is 112 Å². The van der Waals surface area contributed by atoms with E-state index in [9.17, 15) is 69.9 Å². The highest BCUT2D eigenvalue weighted by Crippen LogP contribution is 2.44. The maximum Gasteiger partial charge on any atom is 0.580 e. The van der Waals surface area contributed by atoms with Gasteiger partial charge in [0.05, 0.1) is 48.2 Å². The summed E-state index contributed by atoms with van der Waals surface area (Å²) >= 11 is 0. The minimum Gasteiger partial charge on any atom is -0.359 e. The van der Waals surface area contributed by atoms with Crippen molar-refractivity contribution in [3.8, 4) is 0 Å². The lowest BCUT2D eigenvalue weighted by atomic mass is 9.98. The van der Waals surface area contributed by atoms with Gasteiger partial charge in [0.1, 0.15) is 18.3 Å². The van der Waals surface area contributed by atoms with Crippen molar-refractivity contribution in [1.82, 2.24) is 0 Å². The van der Waals surface area contributed by atoms with Gasteiger partial charge in [-0.2, -0.15) is 39.5 Å². The van der Waals surface area contributed by atoms with Crippen LogP contribution in [0.25, 0.3) is 0 Å². The third-order valence-corrected chi connectivity index (χ3v) is 10.7. The van der Waals surface area contributed by atoms with E-state index in [1.54, 1.807) is 0 Å². The van der Waals surface area contributed by atoms with Crippen molar-refractivity contribution < 1.29 is 67.6 Å². The van der Waals surface area contributed by atoms with Gasteiger partial charge >= 0.3 is 28.1 Å². The van der Waals surface area contributed by atoms with E-state index in [0.717, 1.165) is 18.2 Å². The molecule has 0 aliphatic rings. The summed E-state index contributed by atoms with van der Waals surface area (Å²) in [6.07, 6.45) is -20.7. The highest BCUT2D eigenvalue weighted by Gasteiger charge is 2.42. The molecule has 331 valence electrons. The summed E-state index contributed by atoms with van der Waals surface area (Å²) in [7, 11) is -4.00. The van der Waals surface area contributed by atoms with Crippen molar-refractivity contribution in [1.29, 1.82) is 0 Å². The highest BCUT2D eigenvalue weighted by molar-refractivity contribution is 6.36. The summed E-state index contributed by atoms with van der Waals surface area (Å²) in [6.45, 7) is 0. The molecule has 0 aliphatic carbocycles. The van der Waals surface area contributed by atoms with Gasteiger partial charge in [0.25, 0.3) is 17.1 Å². The Hall–Kier alpha value is -7.01. The Morgan fingerprint density at radius 2 is 0.625 bits per heavy atom. The molecular formula is C42H27F9N3O9Si. The standard InChI is InChI=1S/C42H27F9N3O9Si/c43-40(44,45)28-16-19-31(34(22-28)52(55)56)37(25-10-4-1-5-11-25)61-64(62-38(26-12-6-2-7-13-26)32-20-17-29(41(46,47)48)23-35(32)53(57)58)63-39(27-14-8-3-9-15-27)33-21-18-30(42(49,50)51)24-36(33)54(59)60/h1-24,37-39H. The van der Waals surface area contributed by atoms with Crippen LogP contribution in [0, 0.1) is 30.3 Å². The number of halogens is 9. The topological polar surface area (TPSA) is 157 Å². The zero-order chi connectivity index (χ0) is 46.6. The highest BCUT2D eigenvalue weighted by atomic mass is 28.3. The normalized spacial score (nSPS) is 13.6. The molecule has 3 unspecified atom stereocenters. The van der Waals surface area contributed by atoms with Crippen LogP contribution < -0.4 is 0 Å². The van der Waals surface area contributed by atoms with Crippen molar-refractivity contribution in [2.75, 3.05) is 0 Å². The smallest absolute Gasteiger partial charge is 0.359 e. The van der Waals surface area contributed by atoms with Gasteiger partial charge in [-0.25, -0.2) is 0 Å². The fraction of sp³-hybridized carbons (Fsp3) is 0.143. The zero-order valence-corrected chi connectivity index (χ0v) is 33.0. The maximum absolute atomic E-state index is 13.9. The Morgan fingerprint density at radius 1 is 0.391 bits per heavy atom. The van der Waals surface area contributed by atoms with E-state index in [-0.39, 0.29) is 34.9 Å². The Kier molecular flexibility index (Phi) is 13.6. The number of nitro benzene ring substituents is 3. The number of hydrogen-bond donors (Lipinski definition) is 0. The van der Waals surface area contributed by atoms with Crippen molar-refractivity contribution in [2.45, 2.75) is 36.8 Å². The molecule has 0 N–H and O–H groups in total. The first-order chi connectivity index (χ1) is 30.1. The van der Waals surface area contributed by atoms with E-state index in [2.05, 4.69) is 0 Å². The van der Waals surface area contributed by atoms with Crippen molar-refractivity contribution in [3.63, 3.8) is 0 Å². The molecule has 64 heavy (non-hydrogen) atoms. The first-order valence-electron chi connectivity index (χ1n) is 18.2. The van der Waals surface area contributed by atoms with E-state index in [4.69, 9.17) is 13.3 Å². The van der Waals surface area contributed by atoms with Crippen LogP contribution in [-0.2, 0) is 31.8 Å². The average molecular weight is 917 g/mol. The third kappa shape index (κ3) is 10.8. The first kappa shape index (κ1) is 46.5. The molecule has 0 fully saturated rings. The predicted octanol–water partition coefficient (Wildman–Crippen LogP) is 12.2. The second-order valence-corrected chi connectivity index (χ2v) is 14.8. The van der Waals surface area contributed by atoms with Gasteiger partial charge in [-0.3, -0.25) is 30.3 Å². The van der Waals surface area contributed by atoms with Crippen LogP contribution in [0.5, 0.6) is 0 Å². The van der Waals surface area contributed by atoms with Crippen LogP contribution in [0.15, 0.2) is 146 Å². The monoisotopic (exact) mass is 916 g/mol. The SMILES string of the molecule is O=[N+]([O-])c1cc(C(F)(F)F)ccc1C(O[Si](OC(c1ccccc1)c1ccc(C(F)(F)F)cc1[N+](=O)[O-])OC(c1ccccc1)c1ccc(C(F)(F)F)cc1[N+](=O)[O-])c1ccccc1. The lowest BCUT2D eigenvalue weighted by Crippen LogP contribution is -2.34. The van der Waals surface area contributed by atoms with Gasteiger partial charge in [-0.05, 0) is 53.1 Å². The summed E-state index contributed by atoms with van der Waals surface area (Å²) in [5.41, 5.74) is -9.23. The van der Waals surface area contributed by atoms with Crippen molar-refractivity contribution in [3.05, 3.63) is 226 Å². The number of benzene rings is 6. The molecule has 0 heterocycles. The van der Waals surface area contributed by atoms with Gasteiger partial charge < -0.3 is 13.3 Å². The van der Waals surface area contributed by atoms with Gasteiger partial charge in [-0.15, -0.1) is 0 Å². The number of nitro groups is 3. The second kappa shape index (κ2) is 18.8. The molecule has 1 radical (unpaired) electrons. The van der Waals surface area contributed by atoms with Gasteiger partial charge in [0, 0.05) is 18.2 Å². The summed E-state index contributed by atoms with van der Waals surface area (Å²) in [5, 5.41) is 37.4. The Balaban J connectivity index is 1.62. The van der Waals surface area contributed by atoms with Crippen LogP contribution in [0.4, 0.5) is 56.6 Å². The first-order valence-corrected chi connectivity index (χ1v) is 19.4. The van der Waals surface area contributed by atoms with E-state index >= 15 is 0 Å². The minimum absolute atomic E-state index is 0.00797. The Morgan fingerprint density at radius 3 is 0.828 bits per heavy atom. The van der Waals surface area contributed by atoms with Crippen LogP contribution >= 0.6 is 0 Å². The molecular weight excluding hydrogens is 890 g/mol. The molecule has 6 aromatic carbocycles. The van der Waals surface area contributed by atoms with Gasteiger partial charge in [0.15, 0.2) is 0 Å². The second-order valence-electron chi connectivity index (χ2n) is 13.6. The number of alkyl halides is 9. The van der Waals surface area contributed by atoms with E-state index in [1.165, 1.54) is 91.0 Å². The summed E-state index contributed by atoms with van der Waals surface area (Å²) in [5.74, 6) is 0. The summed E-state index contributed by atoms with van der Waals surface area (Å²) in [6, 6.07) is 25.6. The molecule has 0 saturated carbocycles. The van der Waals surface area contributed by atoms with Crippen LogP contribution in [0.3, 0.4) is 0 Å². The Bertz CT molecular complexity index is 2350. The lowest BCUT2D eigenvalue weighted by molar-refractivity contribution is -0.386. The van der Waals surface area contributed by atoms with Gasteiger partial charge in [-0.1, -0.05) is 91.0 Å². The Labute approximate surface area is 356 Å². The average Bonchev–Trinajstić information content (AvgIpc) is 3.25. The minimum atomic E-state index is -5.06.